The number of rotatable bonds is 12. The van der Waals surface area contributed by atoms with Crippen LogP contribution in [0.15, 0.2) is 30.9 Å². The zero-order valence-corrected chi connectivity index (χ0v) is 21.0. The molecule has 0 saturated heterocycles. The molecule has 0 bridgehead atoms. The van der Waals surface area contributed by atoms with Crippen molar-refractivity contribution in [3.63, 3.8) is 0 Å². The fourth-order valence-electron chi connectivity index (χ4n) is 4.46. The number of benzene rings is 1. The Hall–Kier alpha value is -2.74. The Morgan fingerprint density at radius 3 is 2.65 bits per heavy atom. The van der Waals surface area contributed by atoms with Crippen molar-refractivity contribution in [2.24, 2.45) is 5.92 Å². The van der Waals surface area contributed by atoms with Crippen LogP contribution in [0.25, 0.3) is 10.2 Å². The van der Waals surface area contributed by atoms with Gasteiger partial charge in [-0.3, -0.25) is 14.4 Å². The van der Waals surface area contributed by atoms with Crippen LogP contribution in [0.2, 0.25) is 0 Å². The smallest absolute Gasteiger partial charge is 0.243 e. The number of nitrogens with zero attached hydrogens (tertiary/aromatic N) is 1. The third-order valence-corrected chi connectivity index (χ3v) is 7.43. The summed E-state index contributed by atoms with van der Waals surface area (Å²) in [7, 11) is 0. The zero-order valence-electron chi connectivity index (χ0n) is 20.2. The van der Waals surface area contributed by atoms with Gasteiger partial charge in [0.2, 0.25) is 17.7 Å². The van der Waals surface area contributed by atoms with E-state index in [1.165, 1.54) is 11.6 Å². The number of aryl methyl sites for hydroxylation is 1. The molecule has 184 valence electrons. The van der Waals surface area contributed by atoms with Crippen molar-refractivity contribution < 1.29 is 14.4 Å². The maximum absolute atomic E-state index is 13.4. The molecule has 1 aliphatic carbocycles. The van der Waals surface area contributed by atoms with Gasteiger partial charge in [-0.1, -0.05) is 39.3 Å². The molecule has 1 heterocycles. The third kappa shape index (κ3) is 7.13. The molecule has 3 N–H and O–H groups in total. The fourth-order valence-corrected chi connectivity index (χ4v) is 5.54. The summed E-state index contributed by atoms with van der Waals surface area (Å²) < 4.78 is 1.09. The van der Waals surface area contributed by atoms with Gasteiger partial charge in [0, 0.05) is 25.4 Å². The van der Waals surface area contributed by atoms with Gasteiger partial charge >= 0.3 is 0 Å². The molecule has 1 aromatic heterocycles. The number of amides is 3. The van der Waals surface area contributed by atoms with Crippen LogP contribution in [0.5, 0.6) is 0 Å². The second kappa shape index (κ2) is 12.6. The highest BCUT2D eigenvalue weighted by Crippen LogP contribution is 2.28. The summed E-state index contributed by atoms with van der Waals surface area (Å²) in [6.07, 6.45) is 7.86. The largest absolute Gasteiger partial charge is 0.351 e. The van der Waals surface area contributed by atoms with Crippen LogP contribution in [0.4, 0.5) is 0 Å². The van der Waals surface area contributed by atoms with E-state index in [2.05, 4.69) is 41.6 Å². The summed E-state index contributed by atoms with van der Waals surface area (Å²) in [4.78, 5) is 42.3. The van der Waals surface area contributed by atoms with Crippen LogP contribution in [0.1, 0.15) is 62.9 Å². The highest BCUT2D eigenvalue weighted by atomic mass is 32.1. The molecule has 1 fully saturated rings. The molecule has 0 aliphatic heterocycles. The standard InChI is InChI=1S/C26H36N4O3S/c1-4-9-24(32)28-20(15-25-29-19-13-12-17(5-2)14-22(19)34-25)26(33)30-21(16-27-23(31)6-3)18-10-7-8-11-18/h6,12-14,18,20-21H,3-5,7-11,15-16H2,1-2H3,(H,27,31)(H,28,32)(H,30,33)/t20-,21?/m0/s1. The first-order valence-corrected chi connectivity index (χ1v) is 13.1. The Balaban J connectivity index is 1.77. The number of nitrogens with one attached hydrogen (secondary N) is 3. The molecule has 0 spiro atoms. The summed E-state index contributed by atoms with van der Waals surface area (Å²) in [5, 5.41) is 9.69. The Kier molecular flexibility index (Phi) is 9.62. The molecule has 1 saturated carbocycles. The van der Waals surface area contributed by atoms with E-state index in [-0.39, 0.29) is 23.8 Å². The third-order valence-electron chi connectivity index (χ3n) is 6.39. The van der Waals surface area contributed by atoms with E-state index >= 15 is 0 Å². The van der Waals surface area contributed by atoms with E-state index in [4.69, 9.17) is 4.98 Å². The molecule has 2 atom stereocenters. The average Bonchev–Trinajstić information content (AvgIpc) is 3.50. The van der Waals surface area contributed by atoms with Crippen molar-refractivity contribution in [2.45, 2.75) is 77.3 Å². The van der Waals surface area contributed by atoms with Crippen molar-refractivity contribution >= 4 is 39.3 Å². The maximum Gasteiger partial charge on any atom is 0.243 e. The first-order chi connectivity index (χ1) is 16.4. The van der Waals surface area contributed by atoms with Crippen molar-refractivity contribution in [3.05, 3.63) is 41.4 Å². The van der Waals surface area contributed by atoms with E-state index in [0.29, 0.717) is 31.7 Å². The molecule has 1 unspecified atom stereocenters. The number of thiazole rings is 1. The monoisotopic (exact) mass is 484 g/mol. The average molecular weight is 485 g/mol. The lowest BCUT2D eigenvalue weighted by molar-refractivity contribution is -0.129. The summed E-state index contributed by atoms with van der Waals surface area (Å²) in [6.45, 7) is 7.90. The lowest BCUT2D eigenvalue weighted by Gasteiger charge is -2.27. The molecular formula is C26H36N4O3S. The number of aromatic nitrogens is 1. The van der Waals surface area contributed by atoms with Crippen LogP contribution in [0.3, 0.4) is 0 Å². The first kappa shape index (κ1) is 25.9. The van der Waals surface area contributed by atoms with Crippen LogP contribution >= 0.6 is 11.3 Å². The van der Waals surface area contributed by atoms with Crippen LogP contribution in [-0.4, -0.2) is 41.3 Å². The van der Waals surface area contributed by atoms with Gasteiger partial charge in [-0.25, -0.2) is 4.98 Å². The number of carbonyl (C=O) groups is 3. The van der Waals surface area contributed by atoms with Gasteiger partial charge in [0.15, 0.2) is 0 Å². The maximum atomic E-state index is 13.4. The van der Waals surface area contributed by atoms with Crippen molar-refractivity contribution in [1.29, 1.82) is 0 Å². The molecule has 2 aromatic rings. The second-order valence-electron chi connectivity index (χ2n) is 8.95. The van der Waals surface area contributed by atoms with E-state index < -0.39 is 6.04 Å². The Bertz CT molecular complexity index is 1010. The molecule has 3 rings (SSSR count). The van der Waals surface area contributed by atoms with E-state index in [9.17, 15) is 14.4 Å². The topological polar surface area (TPSA) is 100 Å². The normalized spacial score (nSPS) is 15.6. The number of carbonyl (C=O) groups excluding carboxylic acids is 3. The van der Waals surface area contributed by atoms with Crippen molar-refractivity contribution in [2.75, 3.05) is 6.54 Å². The summed E-state index contributed by atoms with van der Waals surface area (Å²) in [6, 6.07) is 5.32. The Labute approximate surface area is 205 Å². The first-order valence-electron chi connectivity index (χ1n) is 12.3. The van der Waals surface area contributed by atoms with Crippen LogP contribution < -0.4 is 16.0 Å². The predicted octanol–water partition coefficient (Wildman–Crippen LogP) is 3.66. The molecule has 3 amide bonds. The fraction of sp³-hybridized carbons (Fsp3) is 0.538. The Morgan fingerprint density at radius 1 is 1.21 bits per heavy atom. The lowest BCUT2D eigenvalue weighted by Crippen LogP contribution is -2.54. The molecule has 34 heavy (non-hydrogen) atoms. The summed E-state index contributed by atoms with van der Waals surface area (Å²) in [5.41, 5.74) is 2.15. The SMILES string of the molecule is C=CC(=O)NCC(NC(=O)[C@H](Cc1nc2ccc(CC)cc2s1)NC(=O)CCC)C1CCCC1. The van der Waals surface area contributed by atoms with Gasteiger partial charge in [0.25, 0.3) is 0 Å². The minimum atomic E-state index is -0.718. The van der Waals surface area contributed by atoms with Gasteiger partial charge < -0.3 is 16.0 Å². The molecule has 1 aromatic carbocycles. The van der Waals surface area contributed by atoms with Gasteiger partial charge in [-0.2, -0.15) is 0 Å². The van der Waals surface area contributed by atoms with Gasteiger partial charge in [0.1, 0.15) is 6.04 Å². The molecule has 8 heteroatoms. The van der Waals surface area contributed by atoms with Crippen LogP contribution in [-0.2, 0) is 27.2 Å². The number of hydrogen-bond acceptors (Lipinski definition) is 5. The molecule has 1 aliphatic rings. The minimum Gasteiger partial charge on any atom is -0.351 e. The quantitative estimate of drug-likeness (QED) is 0.400. The minimum absolute atomic E-state index is 0.144. The second-order valence-corrected chi connectivity index (χ2v) is 10.1. The highest BCUT2D eigenvalue weighted by Gasteiger charge is 2.30. The predicted molar refractivity (Wildman–Crippen MR) is 137 cm³/mol. The van der Waals surface area contributed by atoms with Gasteiger partial charge in [0.05, 0.1) is 15.2 Å². The van der Waals surface area contributed by atoms with Gasteiger partial charge in [-0.05, 0) is 55.4 Å². The highest BCUT2D eigenvalue weighted by molar-refractivity contribution is 7.18. The van der Waals surface area contributed by atoms with Crippen molar-refractivity contribution in [3.8, 4) is 0 Å². The van der Waals surface area contributed by atoms with E-state index in [1.807, 2.05) is 13.0 Å². The van der Waals surface area contributed by atoms with Gasteiger partial charge in [-0.15, -0.1) is 11.3 Å². The number of fused-ring (bicyclic) bond motifs is 1. The summed E-state index contributed by atoms with van der Waals surface area (Å²) in [5.74, 6) is -0.334. The zero-order chi connectivity index (χ0) is 24.5. The Morgan fingerprint density at radius 2 is 1.97 bits per heavy atom. The molecule has 0 radical (unpaired) electrons. The lowest BCUT2D eigenvalue weighted by atomic mass is 9.97. The molecule has 7 nitrogen and oxygen atoms in total. The summed E-state index contributed by atoms with van der Waals surface area (Å²) >= 11 is 1.56. The molecular weight excluding hydrogens is 448 g/mol. The number of hydrogen-bond donors (Lipinski definition) is 3. The van der Waals surface area contributed by atoms with Crippen molar-refractivity contribution in [1.82, 2.24) is 20.9 Å². The van der Waals surface area contributed by atoms with E-state index in [1.54, 1.807) is 11.3 Å². The van der Waals surface area contributed by atoms with E-state index in [0.717, 1.165) is 47.3 Å². The van der Waals surface area contributed by atoms with Crippen LogP contribution in [0, 0.1) is 5.92 Å².